The highest BCUT2D eigenvalue weighted by Crippen LogP contribution is 2.14. The van der Waals surface area contributed by atoms with Crippen molar-refractivity contribution in [2.45, 2.75) is 205 Å². The van der Waals surface area contributed by atoms with Crippen molar-refractivity contribution in [3.63, 3.8) is 0 Å². The molecule has 1 amide bonds. The van der Waals surface area contributed by atoms with Gasteiger partial charge in [-0.1, -0.05) is 172 Å². The van der Waals surface area contributed by atoms with Crippen LogP contribution in [-0.2, 0) is 14.9 Å². The van der Waals surface area contributed by atoms with Gasteiger partial charge in [0.2, 0.25) is 5.91 Å². The van der Waals surface area contributed by atoms with Gasteiger partial charge < -0.3 is 15.5 Å². The van der Waals surface area contributed by atoms with Crippen molar-refractivity contribution in [1.29, 1.82) is 0 Å². The van der Waals surface area contributed by atoms with E-state index >= 15 is 0 Å². The highest BCUT2D eigenvalue weighted by atomic mass is 32.2. The summed E-state index contributed by atoms with van der Waals surface area (Å²) in [5.74, 6) is -1.57. The van der Waals surface area contributed by atoms with Gasteiger partial charge in [-0.3, -0.25) is 9.35 Å². The molecule has 0 spiro atoms. The predicted molar refractivity (Wildman–Crippen MR) is 204 cm³/mol. The summed E-state index contributed by atoms with van der Waals surface area (Å²) >= 11 is 0. The van der Waals surface area contributed by atoms with Gasteiger partial charge in [0.25, 0.3) is 10.1 Å². The molecule has 0 fully saturated rings. The quantitative estimate of drug-likeness (QED) is 0.0297. The molecule has 0 bridgehead atoms. The zero-order chi connectivity index (χ0) is 35.6. The molecule has 0 saturated carbocycles. The van der Waals surface area contributed by atoms with E-state index in [9.17, 15) is 28.0 Å². The first kappa shape index (κ1) is 46.5. The number of rotatable bonds is 35. The number of aliphatic hydroxyl groups is 2. The molecule has 282 valence electrons. The van der Waals surface area contributed by atoms with Gasteiger partial charge in [-0.05, 0) is 51.4 Å². The van der Waals surface area contributed by atoms with Gasteiger partial charge in [0.15, 0.2) is 0 Å². The fraction of sp³-hybridized carbons (Fsp3) is 0.825. The van der Waals surface area contributed by atoms with Crippen LogP contribution in [0.15, 0.2) is 36.5 Å². The Morgan fingerprint density at radius 3 is 1.44 bits per heavy atom. The average Bonchev–Trinajstić information content (AvgIpc) is 3.05. The lowest BCUT2D eigenvalue weighted by Gasteiger charge is -2.22. The summed E-state index contributed by atoms with van der Waals surface area (Å²) in [6, 6.07) is -1.25. The van der Waals surface area contributed by atoms with E-state index in [0.717, 1.165) is 44.9 Å². The minimum atomic E-state index is -4.45. The van der Waals surface area contributed by atoms with Crippen LogP contribution in [-0.4, -0.2) is 53.1 Å². The highest BCUT2D eigenvalue weighted by molar-refractivity contribution is 7.85. The maximum absolute atomic E-state index is 12.5. The second kappa shape index (κ2) is 34.0. The van der Waals surface area contributed by atoms with E-state index in [1.807, 2.05) is 0 Å². The maximum atomic E-state index is 12.5. The lowest BCUT2D eigenvalue weighted by molar-refractivity contribution is -0.130. The fourth-order valence-electron chi connectivity index (χ4n) is 5.81. The first-order valence-corrected chi connectivity index (χ1v) is 21.4. The highest BCUT2D eigenvalue weighted by Gasteiger charge is 2.27. The molecule has 0 rings (SSSR count). The number of aliphatic hydroxyl groups excluding tert-OH is 2. The van der Waals surface area contributed by atoms with E-state index in [-0.39, 0.29) is 6.42 Å². The molecular weight excluding hydrogens is 623 g/mol. The summed E-state index contributed by atoms with van der Waals surface area (Å²) in [5, 5.41) is 23.2. The van der Waals surface area contributed by atoms with Gasteiger partial charge in [-0.25, -0.2) is 0 Å². The van der Waals surface area contributed by atoms with Crippen LogP contribution in [0.4, 0.5) is 0 Å². The molecule has 48 heavy (non-hydrogen) atoms. The minimum Gasteiger partial charge on any atom is -0.387 e. The van der Waals surface area contributed by atoms with Crippen molar-refractivity contribution in [1.82, 2.24) is 5.32 Å². The maximum Gasteiger partial charge on any atom is 0.267 e. The third-order valence-electron chi connectivity index (χ3n) is 8.90. The van der Waals surface area contributed by atoms with Gasteiger partial charge in [0.05, 0.1) is 17.9 Å². The fourth-order valence-corrected chi connectivity index (χ4v) is 6.54. The standard InChI is InChI=1S/C40H75NO6S/c1-3-5-7-9-11-13-15-16-17-18-19-20-21-22-23-24-25-27-28-30-32-34-38(42)37(36-48(45,46)47)41-40(44)39(43)35-33-31-29-26-14-12-10-8-6-4-2/h10,12,25,27,32,34,37-39,42-43H,3-9,11,13-24,26,28-31,33,35-36H2,1-2H3,(H,41,44)(H,45,46,47)/b12-10-,27-25+,34-32+. The molecule has 0 heterocycles. The molecule has 0 aliphatic heterocycles. The zero-order valence-corrected chi connectivity index (χ0v) is 31.8. The monoisotopic (exact) mass is 698 g/mol. The van der Waals surface area contributed by atoms with Crippen LogP contribution in [0.1, 0.15) is 187 Å². The molecular formula is C40H75NO6S. The van der Waals surface area contributed by atoms with E-state index in [1.54, 1.807) is 6.08 Å². The van der Waals surface area contributed by atoms with Crippen molar-refractivity contribution in [3.8, 4) is 0 Å². The SMILES string of the molecule is CCCC/C=C\CCCCCCC(O)C(=O)NC(CS(=O)(=O)O)C(O)/C=C/CC/C=C/CCCCCCCCCCCCCCCCC. The summed E-state index contributed by atoms with van der Waals surface area (Å²) < 4.78 is 32.4. The van der Waals surface area contributed by atoms with Crippen LogP contribution in [0.25, 0.3) is 0 Å². The number of nitrogens with one attached hydrogen (secondary N) is 1. The molecule has 4 N–H and O–H groups in total. The number of amides is 1. The first-order valence-electron chi connectivity index (χ1n) is 19.8. The Hall–Kier alpha value is -1.48. The molecule has 3 atom stereocenters. The van der Waals surface area contributed by atoms with Crippen LogP contribution in [0.3, 0.4) is 0 Å². The van der Waals surface area contributed by atoms with Gasteiger partial charge in [0.1, 0.15) is 6.10 Å². The van der Waals surface area contributed by atoms with Crippen LogP contribution < -0.4 is 5.32 Å². The third-order valence-corrected chi connectivity index (χ3v) is 9.68. The Kier molecular flexibility index (Phi) is 32.9. The molecule has 0 radical (unpaired) electrons. The molecule has 0 aromatic heterocycles. The smallest absolute Gasteiger partial charge is 0.267 e. The predicted octanol–water partition coefficient (Wildman–Crippen LogP) is 10.3. The number of hydrogen-bond acceptors (Lipinski definition) is 5. The Balaban J connectivity index is 4.06. The van der Waals surface area contributed by atoms with Crippen LogP contribution >= 0.6 is 0 Å². The summed E-state index contributed by atoms with van der Waals surface area (Å²) in [4.78, 5) is 12.5. The third kappa shape index (κ3) is 33.0. The van der Waals surface area contributed by atoms with Gasteiger partial charge in [-0.2, -0.15) is 8.42 Å². The van der Waals surface area contributed by atoms with Crippen LogP contribution in [0.2, 0.25) is 0 Å². The zero-order valence-electron chi connectivity index (χ0n) is 31.0. The van der Waals surface area contributed by atoms with Crippen LogP contribution in [0, 0.1) is 0 Å². The molecule has 8 heteroatoms. The van der Waals surface area contributed by atoms with Crippen molar-refractivity contribution >= 4 is 16.0 Å². The number of unbranched alkanes of at least 4 members (excludes halogenated alkanes) is 22. The van der Waals surface area contributed by atoms with Crippen LogP contribution in [0.5, 0.6) is 0 Å². The summed E-state index contributed by atoms with van der Waals surface area (Å²) in [7, 11) is -4.45. The van der Waals surface area contributed by atoms with Crippen molar-refractivity contribution < 1.29 is 28.0 Å². The van der Waals surface area contributed by atoms with E-state index < -0.39 is 40.0 Å². The van der Waals surface area contributed by atoms with E-state index in [2.05, 4.69) is 43.5 Å². The first-order chi connectivity index (χ1) is 23.2. The van der Waals surface area contributed by atoms with Gasteiger partial charge in [0, 0.05) is 0 Å². The average molecular weight is 698 g/mol. The topological polar surface area (TPSA) is 124 Å². The van der Waals surface area contributed by atoms with E-state index in [4.69, 9.17) is 0 Å². The van der Waals surface area contributed by atoms with E-state index in [1.165, 1.54) is 115 Å². The Morgan fingerprint density at radius 1 is 0.562 bits per heavy atom. The van der Waals surface area contributed by atoms with Gasteiger partial charge >= 0.3 is 0 Å². The van der Waals surface area contributed by atoms with Crippen molar-refractivity contribution in [2.75, 3.05) is 5.75 Å². The molecule has 7 nitrogen and oxygen atoms in total. The Labute approximate surface area is 296 Å². The summed E-state index contributed by atoms with van der Waals surface area (Å²) in [6.45, 7) is 4.45. The molecule has 3 unspecified atom stereocenters. The Bertz CT molecular complexity index is 917. The van der Waals surface area contributed by atoms with Crippen molar-refractivity contribution in [2.24, 2.45) is 0 Å². The van der Waals surface area contributed by atoms with Crippen molar-refractivity contribution in [3.05, 3.63) is 36.5 Å². The molecule has 0 saturated heterocycles. The number of allylic oxidation sites excluding steroid dienone is 5. The lowest BCUT2D eigenvalue weighted by Crippen LogP contribution is -2.50. The summed E-state index contributed by atoms with van der Waals surface area (Å²) in [5.41, 5.74) is 0. The second-order valence-electron chi connectivity index (χ2n) is 13.7. The number of hydrogen-bond donors (Lipinski definition) is 4. The molecule has 0 aromatic carbocycles. The van der Waals surface area contributed by atoms with E-state index in [0.29, 0.717) is 12.8 Å². The molecule has 0 aromatic rings. The summed E-state index contributed by atoms with van der Waals surface area (Å²) in [6.07, 6.45) is 40.7. The minimum absolute atomic E-state index is 0.258. The second-order valence-corrected chi connectivity index (χ2v) is 15.2. The normalized spacial score (nSPS) is 14.4. The number of carbonyl (C=O) groups is 1. The van der Waals surface area contributed by atoms with Gasteiger partial charge in [-0.15, -0.1) is 0 Å². The Morgan fingerprint density at radius 2 is 0.958 bits per heavy atom. The molecule has 0 aliphatic carbocycles. The lowest BCUT2D eigenvalue weighted by atomic mass is 10.0. The largest absolute Gasteiger partial charge is 0.387 e. The molecule has 0 aliphatic rings. The number of carbonyl (C=O) groups excluding carboxylic acids is 1.